The van der Waals surface area contributed by atoms with Gasteiger partial charge >= 0.3 is 0 Å². The van der Waals surface area contributed by atoms with Gasteiger partial charge in [-0.25, -0.2) is 6.57 Å². The van der Waals surface area contributed by atoms with Crippen LogP contribution in [-0.4, -0.2) is 70.7 Å². The van der Waals surface area contributed by atoms with Gasteiger partial charge < -0.3 is 24.7 Å². The van der Waals surface area contributed by atoms with Crippen molar-refractivity contribution in [1.82, 2.24) is 4.90 Å². The van der Waals surface area contributed by atoms with E-state index in [-0.39, 0.29) is 12.0 Å². The molecular formula is C10H15N3O3S. The molecule has 1 fully saturated rings. The number of rotatable bonds is 1. The largest absolute Gasteiger partial charge is 0.388 e. The lowest BCUT2D eigenvalue weighted by atomic mass is 9.98. The van der Waals surface area contributed by atoms with Crippen molar-refractivity contribution in [3.05, 3.63) is 11.4 Å². The van der Waals surface area contributed by atoms with Crippen molar-refractivity contribution in [2.75, 3.05) is 20.6 Å². The number of thioether (sulfide) groups is 1. The summed E-state index contributed by atoms with van der Waals surface area (Å²) in [6.45, 7) is 6.85. The van der Waals surface area contributed by atoms with Crippen LogP contribution in [0.25, 0.3) is 4.85 Å². The highest BCUT2D eigenvalue weighted by molar-refractivity contribution is 8.14. The molecule has 0 aliphatic carbocycles. The van der Waals surface area contributed by atoms with E-state index in [0.29, 0.717) is 0 Å². The van der Waals surface area contributed by atoms with Crippen molar-refractivity contribution in [2.45, 2.75) is 29.8 Å². The normalized spacial score (nSPS) is 40.4. The van der Waals surface area contributed by atoms with Crippen LogP contribution in [0.15, 0.2) is 4.99 Å². The summed E-state index contributed by atoms with van der Waals surface area (Å²) in [5, 5.41) is 20.6. The Balaban J connectivity index is 2.13. The molecule has 2 rings (SSSR count). The van der Waals surface area contributed by atoms with Crippen LogP contribution < -0.4 is 0 Å². The molecule has 5 atom stereocenters. The summed E-state index contributed by atoms with van der Waals surface area (Å²) < 4.78 is 5.61. The first-order chi connectivity index (χ1) is 8.04. The maximum Gasteiger partial charge on any atom is 0.243 e. The smallest absolute Gasteiger partial charge is 0.243 e. The lowest BCUT2D eigenvalue weighted by molar-refractivity contribution is -0.146. The second kappa shape index (κ2) is 4.82. The third kappa shape index (κ3) is 2.26. The Morgan fingerprint density at radius 3 is 2.76 bits per heavy atom. The summed E-state index contributed by atoms with van der Waals surface area (Å²) in [4.78, 5) is 9.38. The third-order valence-corrected chi connectivity index (χ3v) is 4.11. The van der Waals surface area contributed by atoms with E-state index in [1.807, 2.05) is 19.0 Å². The average Bonchev–Trinajstić information content (AvgIpc) is 2.70. The first-order valence-corrected chi connectivity index (χ1v) is 6.19. The molecule has 0 bridgehead atoms. The fraction of sp³-hybridized carbons (Fsp3) is 0.800. The monoisotopic (exact) mass is 257 g/mol. The lowest BCUT2D eigenvalue weighted by Crippen LogP contribution is -2.55. The van der Waals surface area contributed by atoms with Gasteiger partial charge in [-0.2, -0.15) is 0 Å². The topological polar surface area (TPSA) is 69.7 Å². The summed E-state index contributed by atoms with van der Waals surface area (Å²) in [5.41, 5.74) is -0.308. The van der Waals surface area contributed by atoms with Crippen molar-refractivity contribution in [2.24, 2.45) is 4.99 Å². The third-order valence-electron chi connectivity index (χ3n) is 2.80. The van der Waals surface area contributed by atoms with Crippen molar-refractivity contribution in [1.29, 1.82) is 0 Å². The summed E-state index contributed by atoms with van der Waals surface area (Å²) >= 11 is 1.42. The fourth-order valence-electron chi connectivity index (χ4n) is 1.87. The van der Waals surface area contributed by atoms with Gasteiger partial charge in [-0.3, -0.25) is 4.99 Å². The van der Waals surface area contributed by atoms with E-state index >= 15 is 0 Å². The van der Waals surface area contributed by atoms with E-state index in [1.54, 1.807) is 0 Å². The highest BCUT2D eigenvalue weighted by atomic mass is 32.2. The first kappa shape index (κ1) is 12.6. The predicted octanol–water partition coefficient (Wildman–Crippen LogP) is -0.615. The van der Waals surface area contributed by atoms with Gasteiger partial charge in [0.25, 0.3) is 0 Å². The zero-order chi connectivity index (χ0) is 12.6. The number of nitrogens with zero attached hydrogens (tertiary/aromatic N) is 3. The van der Waals surface area contributed by atoms with Gasteiger partial charge in [-0.05, 0) is 0 Å². The molecule has 0 unspecified atom stereocenters. The molecule has 0 saturated carbocycles. The van der Waals surface area contributed by atoms with Crippen LogP contribution in [0.5, 0.6) is 0 Å². The van der Waals surface area contributed by atoms with Crippen molar-refractivity contribution in [3.8, 4) is 0 Å². The average molecular weight is 257 g/mol. The Kier molecular flexibility index (Phi) is 3.58. The molecule has 0 aromatic rings. The molecule has 1 saturated heterocycles. The fourth-order valence-corrected chi connectivity index (χ4v) is 3.04. The Hall–Kier alpha value is -0.810. The van der Waals surface area contributed by atoms with Crippen LogP contribution in [0.2, 0.25) is 0 Å². The molecule has 7 heteroatoms. The predicted molar refractivity (Wildman–Crippen MR) is 64.6 cm³/mol. The number of amidine groups is 1. The minimum Gasteiger partial charge on any atom is -0.388 e. The summed E-state index contributed by atoms with van der Waals surface area (Å²) in [6, 6.07) is -0.450. The molecular weight excluding hydrogens is 242 g/mol. The van der Waals surface area contributed by atoms with Crippen LogP contribution in [0.3, 0.4) is 0 Å². The minimum atomic E-state index is -1.05. The zero-order valence-electron chi connectivity index (χ0n) is 9.65. The number of aliphatic imine (C=N–C) groups is 1. The lowest BCUT2D eigenvalue weighted by Gasteiger charge is -2.35. The molecule has 2 N–H and O–H groups in total. The summed E-state index contributed by atoms with van der Waals surface area (Å²) in [7, 11) is 3.73. The van der Waals surface area contributed by atoms with E-state index in [1.165, 1.54) is 11.8 Å². The maximum absolute atomic E-state index is 9.97. The molecule has 6 nitrogen and oxygen atoms in total. The zero-order valence-corrected chi connectivity index (χ0v) is 10.5. The number of aliphatic hydroxyl groups excluding tert-OH is 2. The molecule has 94 valence electrons. The van der Waals surface area contributed by atoms with Gasteiger partial charge in [-0.1, -0.05) is 11.8 Å². The number of ether oxygens (including phenoxy) is 1. The summed E-state index contributed by atoms with van der Waals surface area (Å²) in [6.07, 6.45) is -2.64. The van der Waals surface area contributed by atoms with E-state index in [0.717, 1.165) is 5.17 Å². The van der Waals surface area contributed by atoms with E-state index < -0.39 is 24.4 Å². The molecule has 0 aromatic heterocycles. The molecule has 0 radical (unpaired) electrons. The van der Waals surface area contributed by atoms with E-state index in [2.05, 4.69) is 9.84 Å². The van der Waals surface area contributed by atoms with Gasteiger partial charge in [0.2, 0.25) is 6.54 Å². The van der Waals surface area contributed by atoms with Crippen molar-refractivity contribution >= 4 is 16.9 Å². The molecule has 2 aliphatic heterocycles. The second-order valence-corrected chi connectivity index (χ2v) is 5.34. The minimum absolute atomic E-state index is 0.0549. The molecule has 17 heavy (non-hydrogen) atoms. The molecule has 0 aromatic carbocycles. The number of fused-ring (bicyclic) bond motifs is 1. The van der Waals surface area contributed by atoms with Gasteiger partial charge in [0.05, 0.1) is 0 Å². The SMILES string of the molecule is [C-]#[N+]C[C@H]1O[C@@H]2SC(N(C)C)=N[C@@H]2[C@@H](O)[C@@H]1O. The Morgan fingerprint density at radius 1 is 1.47 bits per heavy atom. The van der Waals surface area contributed by atoms with Crippen molar-refractivity contribution in [3.63, 3.8) is 0 Å². The van der Waals surface area contributed by atoms with Gasteiger partial charge in [0.1, 0.15) is 23.7 Å². The highest BCUT2D eigenvalue weighted by Gasteiger charge is 2.49. The van der Waals surface area contributed by atoms with Crippen LogP contribution in [0.4, 0.5) is 0 Å². The number of aliphatic hydroxyl groups is 2. The van der Waals surface area contributed by atoms with E-state index in [9.17, 15) is 10.2 Å². The molecule has 2 aliphatic rings. The Labute approximate surface area is 104 Å². The Morgan fingerprint density at radius 2 is 2.18 bits per heavy atom. The van der Waals surface area contributed by atoms with Gasteiger partial charge in [-0.15, -0.1) is 0 Å². The molecule has 0 spiro atoms. The van der Waals surface area contributed by atoms with E-state index in [4.69, 9.17) is 11.3 Å². The van der Waals surface area contributed by atoms with Crippen molar-refractivity contribution < 1.29 is 14.9 Å². The molecule has 0 amide bonds. The Bertz CT molecular complexity index is 368. The van der Waals surface area contributed by atoms with Crippen LogP contribution in [0.1, 0.15) is 0 Å². The number of hydrogen-bond donors (Lipinski definition) is 2. The van der Waals surface area contributed by atoms with Crippen LogP contribution >= 0.6 is 11.8 Å². The first-order valence-electron chi connectivity index (χ1n) is 5.31. The van der Waals surface area contributed by atoms with Crippen LogP contribution in [-0.2, 0) is 4.74 Å². The standard InChI is InChI=1S/C10H15N3O3S/c1-11-4-5-7(14)8(15)6-9(16-5)17-10(12-6)13(2)3/h5-9,14-15H,4H2,2-3H3/t5-,6-,7-,8-,9-/m1/s1. The highest BCUT2D eigenvalue weighted by Crippen LogP contribution is 2.36. The van der Waals surface area contributed by atoms with Gasteiger partial charge in [0, 0.05) is 14.1 Å². The summed E-state index contributed by atoms with van der Waals surface area (Å²) in [5.74, 6) is 0. The quantitative estimate of drug-likeness (QED) is 0.613. The molecule has 2 heterocycles. The van der Waals surface area contributed by atoms with Gasteiger partial charge in [0.15, 0.2) is 11.3 Å². The van der Waals surface area contributed by atoms with Crippen LogP contribution in [0, 0.1) is 6.57 Å². The maximum atomic E-state index is 9.97. The second-order valence-electron chi connectivity index (χ2n) is 4.28. The number of hydrogen-bond acceptors (Lipinski definition) is 6.